The summed E-state index contributed by atoms with van der Waals surface area (Å²) in [6.07, 6.45) is 1.49. The van der Waals surface area contributed by atoms with Crippen molar-refractivity contribution in [1.82, 2.24) is 4.98 Å². The maximum absolute atomic E-state index is 13.6. The molecule has 0 unspecified atom stereocenters. The molecule has 1 heterocycles. The molecule has 9 heteroatoms. The minimum atomic E-state index is -3.90. The predicted molar refractivity (Wildman–Crippen MR) is 142 cm³/mol. The Morgan fingerprint density at radius 1 is 0.757 bits per heavy atom. The number of ketones is 2. The Hall–Kier alpha value is -4.27. The van der Waals surface area contributed by atoms with Gasteiger partial charge < -0.3 is 4.90 Å². The van der Waals surface area contributed by atoms with E-state index in [2.05, 4.69) is 9.71 Å². The number of anilines is 2. The Balaban J connectivity index is 1.55. The third kappa shape index (κ3) is 4.89. The maximum atomic E-state index is 13.6. The number of sulfonamides is 1. The summed E-state index contributed by atoms with van der Waals surface area (Å²) < 4.78 is 28.2. The first kappa shape index (κ1) is 24.4. The van der Waals surface area contributed by atoms with Gasteiger partial charge in [-0.1, -0.05) is 72.3 Å². The number of rotatable bonds is 7. The van der Waals surface area contributed by atoms with Crippen molar-refractivity contribution in [3.8, 4) is 0 Å². The van der Waals surface area contributed by atoms with Gasteiger partial charge in [-0.2, -0.15) is 0 Å². The smallest absolute Gasteiger partial charge is 0.263 e. The Bertz CT molecular complexity index is 1620. The van der Waals surface area contributed by atoms with Crippen molar-refractivity contribution in [3.63, 3.8) is 0 Å². The number of pyridine rings is 1. The average molecular weight is 530 g/mol. The molecule has 4 aromatic rings. The van der Waals surface area contributed by atoms with Crippen LogP contribution in [0.3, 0.4) is 0 Å². The van der Waals surface area contributed by atoms with Crippen LogP contribution in [0.15, 0.2) is 119 Å². The summed E-state index contributed by atoms with van der Waals surface area (Å²) in [5.74, 6) is -0.632. The lowest BCUT2D eigenvalue weighted by molar-refractivity contribution is 0.0978. The highest BCUT2D eigenvalue weighted by Crippen LogP contribution is 2.34. The number of fused-ring (bicyclic) bond motifs is 1. The normalized spacial score (nSPS) is 13.3. The summed E-state index contributed by atoms with van der Waals surface area (Å²) in [6.45, 7) is 0.228. The van der Waals surface area contributed by atoms with Gasteiger partial charge in [-0.15, -0.1) is 0 Å². The molecule has 0 aliphatic heterocycles. The zero-order valence-electron chi connectivity index (χ0n) is 19.3. The van der Waals surface area contributed by atoms with E-state index in [0.717, 1.165) is 5.56 Å². The second kappa shape index (κ2) is 10.0. The molecular formula is C28H20ClN3O4S. The van der Waals surface area contributed by atoms with E-state index in [1.807, 2.05) is 30.3 Å². The number of halogens is 1. The zero-order chi connectivity index (χ0) is 26.0. The highest BCUT2D eigenvalue weighted by atomic mass is 35.5. The standard InChI is InChI=1S/C28H20ClN3O4S/c29-25-26(28(34)23-11-5-4-10-22(23)27(25)33)32(18-19-8-2-1-3-9-19)20-13-15-21(16-14-20)37(35,36)31-24-12-6-7-17-30-24/h1-17H,18H2,(H,30,31). The fraction of sp³-hybridized carbons (Fsp3) is 0.0357. The summed E-state index contributed by atoms with van der Waals surface area (Å²) in [4.78, 5) is 32.3. The van der Waals surface area contributed by atoms with Gasteiger partial charge in [0.05, 0.1) is 4.90 Å². The van der Waals surface area contributed by atoms with Crippen LogP contribution in [0.5, 0.6) is 0 Å². The highest BCUT2D eigenvalue weighted by molar-refractivity contribution is 7.92. The number of aromatic nitrogens is 1. The summed E-state index contributed by atoms with van der Waals surface area (Å²) >= 11 is 6.52. The molecule has 1 aliphatic carbocycles. The summed E-state index contributed by atoms with van der Waals surface area (Å²) in [6, 6.07) is 26.8. The summed E-state index contributed by atoms with van der Waals surface area (Å²) in [7, 11) is -3.90. The van der Waals surface area contributed by atoms with Crippen LogP contribution in [0.1, 0.15) is 26.3 Å². The van der Waals surface area contributed by atoms with Crippen molar-refractivity contribution < 1.29 is 18.0 Å². The van der Waals surface area contributed by atoms with Gasteiger partial charge in [-0.3, -0.25) is 14.3 Å². The Kier molecular flexibility index (Phi) is 6.60. The first-order valence-corrected chi connectivity index (χ1v) is 13.1. The first-order valence-electron chi connectivity index (χ1n) is 11.3. The summed E-state index contributed by atoms with van der Waals surface area (Å²) in [5, 5.41) is -0.187. The molecular weight excluding hydrogens is 510 g/mol. The van der Waals surface area contributed by atoms with Crippen LogP contribution in [0, 0.1) is 0 Å². The average Bonchev–Trinajstić information content (AvgIpc) is 2.92. The molecule has 0 amide bonds. The first-order chi connectivity index (χ1) is 17.8. The second-order valence-electron chi connectivity index (χ2n) is 8.25. The number of nitrogens with one attached hydrogen (secondary N) is 1. The molecule has 0 saturated carbocycles. The van der Waals surface area contributed by atoms with Crippen LogP contribution in [0.25, 0.3) is 0 Å². The van der Waals surface area contributed by atoms with E-state index < -0.39 is 15.8 Å². The quantitative estimate of drug-likeness (QED) is 0.343. The molecule has 0 saturated heterocycles. The number of allylic oxidation sites excluding steroid dienone is 2. The minimum Gasteiger partial charge on any atom is -0.332 e. The van der Waals surface area contributed by atoms with Gasteiger partial charge in [0.25, 0.3) is 10.0 Å². The lowest BCUT2D eigenvalue weighted by Crippen LogP contribution is -2.33. The van der Waals surface area contributed by atoms with Crippen LogP contribution < -0.4 is 9.62 Å². The zero-order valence-corrected chi connectivity index (χ0v) is 20.9. The van der Waals surface area contributed by atoms with E-state index in [4.69, 9.17) is 11.6 Å². The lowest BCUT2D eigenvalue weighted by Gasteiger charge is -2.30. The predicted octanol–water partition coefficient (Wildman–Crippen LogP) is 5.42. The van der Waals surface area contributed by atoms with Crippen LogP contribution in [-0.2, 0) is 16.6 Å². The number of Topliss-reactive ketones (excluding diaryl/α,β-unsaturated/α-hetero) is 2. The molecule has 0 spiro atoms. The molecule has 0 atom stereocenters. The minimum absolute atomic E-state index is 0.0121. The SMILES string of the molecule is O=C1C(Cl)=C(N(Cc2ccccc2)c2ccc(S(=O)(=O)Nc3ccccn3)cc2)C(=O)c2ccccc21. The Morgan fingerprint density at radius 2 is 1.38 bits per heavy atom. The van der Waals surface area contributed by atoms with Crippen molar-refractivity contribution in [2.45, 2.75) is 11.4 Å². The van der Waals surface area contributed by atoms with Crippen molar-refractivity contribution in [2.75, 3.05) is 9.62 Å². The summed E-state index contributed by atoms with van der Waals surface area (Å²) in [5.41, 5.74) is 1.92. The topological polar surface area (TPSA) is 96.4 Å². The van der Waals surface area contributed by atoms with Gasteiger partial charge in [-0.25, -0.2) is 13.4 Å². The molecule has 1 aliphatic rings. The molecule has 1 aromatic heterocycles. The van der Waals surface area contributed by atoms with E-state index >= 15 is 0 Å². The van der Waals surface area contributed by atoms with E-state index in [1.165, 1.54) is 18.3 Å². The van der Waals surface area contributed by atoms with Crippen molar-refractivity contribution >= 4 is 44.7 Å². The largest absolute Gasteiger partial charge is 0.332 e. The van der Waals surface area contributed by atoms with E-state index in [0.29, 0.717) is 5.69 Å². The second-order valence-corrected chi connectivity index (χ2v) is 10.3. The number of carbonyl (C=O) groups excluding carboxylic acids is 2. The lowest BCUT2D eigenvalue weighted by atomic mass is 9.91. The van der Waals surface area contributed by atoms with Crippen LogP contribution in [-0.4, -0.2) is 25.0 Å². The monoisotopic (exact) mass is 529 g/mol. The molecule has 0 bridgehead atoms. The fourth-order valence-corrected chi connectivity index (χ4v) is 5.36. The van der Waals surface area contributed by atoms with Crippen LogP contribution in [0.4, 0.5) is 11.5 Å². The molecule has 5 rings (SSSR count). The van der Waals surface area contributed by atoms with Crippen molar-refractivity contribution in [1.29, 1.82) is 0 Å². The number of benzene rings is 3. The van der Waals surface area contributed by atoms with Gasteiger partial charge in [0.15, 0.2) is 0 Å². The van der Waals surface area contributed by atoms with Crippen LogP contribution in [0.2, 0.25) is 0 Å². The van der Waals surface area contributed by atoms with Crippen molar-refractivity contribution in [2.24, 2.45) is 0 Å². The Morgan fingerprint density at radius 3 is 2.03 bits per heavy atom. The maximum Gasteiger partial charge on any atom is 0.263 e. The Labute approximate surface area is 219 Å². The van der Waals surface area contributed by atoms with Gasteiger partial charge >= 0.3 is 0 Å². The third-order valence-electron chi connectivity index (χ3n) is 5.85. The van der Waals surface area contributed by atoms with Crippen molar-refractivity contribution in [3.05, 3.63) is 131 Å². The highest BCUT2D eigenvalue weighted by Gasteiger charge is 2.35. The molecule has 0 fully saturated rings. The number of hydrogen-bond donors (Lipinski definition) is 1. The van der Waals surface area contributed by atoms with Gasteiger partial charge in [0, 0.05) is 29.6 Å². The number of hydrogen-bond acceptors (Lipinski definition) is 6. The van der Waals surface area contributed by atoms with E-state index in [1.54, 1.807) is 59.5 Å². The molecule has 0 radical (unpaired) electrons. The molecule has 37 heavy (non-hydrogen) atoms. The number of carbonyl (C=O) groups is 2. The molecule has 184 valence electrons. The molecule has 1 N–H and O–H groups in total. The molecule has 7 nitrogen and oxygen atoms in total. The van der Waals surface area contributed by atoms with Gasteiger partial charge in [0.1, 0.15) is 16.5 Å². The third-order valence-corrected chi connectivity index (χ3v) is 7.58. The number of nitrogens with zero attached hydrogens (tertiary/aromatic N) is 2. The van der Waals surface area contributed by atoms with Gasteiger partial charge in [0.2, 0.25) is 11.6 Å². The molecule has 3 aromatic carbocycles. The fourth-order valence-electron chi connectivity index (χ4n) is 4.06. The van der Waals surface area contributed by atoms with E-state index in [-0.39, 0.29) is 44.9 Å². The van der Waals surface area contributed by atoms with Gasteiger partial charge in [-0.05, 0) is 42.0 Å². The van der Waals surface area contributed by atoms with Crippen LogP contribution >= 0.6 is 11.6 Å². The van der Waals surface area contributed by atoms with E-state index in [9.17, 15) is 18.0 Å².